The molecule has 202 valence electrons. The van der Waals surface area contributed by atoms with Crippen molar-refractivity contribution in [1.82, 2.24) is 14.9 Å². The van der Waals surface area contributed by atoms with Crippen molar-refractivity contribution >= 4 is 22.0 Å². The molecule has 1 aliphatic rings. The zero-order valence-electron chi connectivity index (χ0n) is 20.8. The van der Waals surface area contributed by atoms with E-state index in [4.69, 9.17) is 4.74 Å². The van der Waals surface area contributed by atoms with E-state index in [0.29, 0.717) is 5.56 Å². The molecule has 0 saturated carbocycles. The monoisotopic (exact) mass is 541 g/mol. The van der Waals surface area contributed by atoms with Crippen LogP contribution in [0.15, 0.2) is 53.4 Å². The topological polar surface area (TPSA) is 105 Å². The molecule has 12 heteroatoms. The summed E-state index contributed by atoms with van der Waals surface area (Å²) < 4.78 is 74.7. The van der Waals surface area contributed by atoms with Gasteiger partial charge < -0.3 is 15.0 Å². The predicted molar refractivity (Wildman–Crippen MR) is 131 cm³/mol. The number of nitrogens with one attached hydrogen (secondary N) is 2. The SMILES string of the molecule is CC(C)(C)NC(=O)OCC(=O)N1CCC(NS(=O)(=O)c2ccc(-c3ccccc3)cc2C(F)(F)F)CC1. The number of amides is 2. The Morgan fingerprint density at radius 3 is 2.19 bits per heavy atom. The lowest BCUT2D eigenvalue weighted by Crippen LogP contribution is -2.48. The second-order valence-electron chi connectivity index (χ2n) is 9.80. The van der Waals surface area contributed by atoms with E-state index in [-0.39, 0.29) is 31.5 Å². The number of benzene rings is 2. The van der Waals surface area contributed by atoms with Crippen LogP contribution in [0.1, 0.15) is 39.2 Å². The van der Waals surface area contributed by atoms with Gasteiger partial charge in [0.25, 0.3) is 5.91 Å². The molecule has 8 nitrogen and oxygen atoms in total. The largest absolute Gasteiger partial charge is 0.439 e. The molecule has 0 aliphatic carbocycles. The first kappa shape index (κ1) is 28.5. The van der Waals surface area contributed by atoms with Gasteiger partial charge in [-0.3, -0.25) is 4.79 Å². The lowest BCUT2D eigenvalue weighted by Gasteiger charge is -2.32. The van der Waals surface area contributed by atoms with Crippen molar-refractivity contribution in [2.75, 3.05) is 19.7 Å². The van der Waals surface area contributed by atoms with E-state index in [2.05, 4.69) is 10.0 Å². The molecule has 0 atom stereocenters. The van der Waals surface area contributed by atoms with Gasteiger partial charge in [0.05, 0.1) is 10.5 Å². The van der Waals surface area contributed by atoms with E-state index in [9.17, 15) is 31.2 Å². The molecule has 1 aliphatic heterocycles. The second kappa shape index (κ2) is 11.1. The number of hydrogen-bond donors (Lipinski definition) is 2. The van der Waals surface area contributed by atoms with Crippen molar-refractivity contribution in [3.8, 4) is 11.1 Å². The number of alkyl carbamates (subject to hydrolysis) is 1. The van der Waals surface area contributed by atoms with Gasteiger partial charge >= 0.3 is 12.3 Å². The number of likely N-dealkylation sites (tertiary alicyclic amines) is 1. The fraction of sp³-hybridized carbons (Fsp3) is 0.440. The molecule has 0 unspecified atom stereocenters. The molecule has 1 fully saturated rings. The highest BCUT2D eigenvalue weighted by molar-refractivity contribution is 7.89. The molecule has 0 aromatic heterocycles. The fourth-order valence-electron chi connectivity index (χ4n) is 3.89. The Labute approximate surface area is 214 Å². The molecule has 0 spiro atoms. The Bertz CT molecular complexity index is 1220. The molecular weight excluding hydrogens is 511 g/mol. The number of halogens is 3. The van der Waals surface area contributed by atoms with E-state index >= 15 is 0 Å². The average molecular weight is 542 g/mol. The zero-order chi connectivity index (χ0) is 27.4. The summed E-state index contributed by atoms with van der Waals surface area (Å²) in [6.07, 6.45) is -5.22. The Hall–Kier alpha value is -3.12. The van der Waals surface area contributed by atoms with Gasteiger partial charge in [-0.1, -0.05) is 36.4 Å². The van der Waals surface area contributed by atoms with Gasteiger partial charge in [-0.05, 0) is 56.9 Å². The molecule has 2 N–H and O–H groups in total. The first-order chi connectivity index (χ1) is 17.2. The smallest absolute Gasteiger partial charge is 0.417 e. The van der Waals surface area contributed by atoms with E-state index in [1.807, 2.05) is 0 Å². The van der Waals surface area contributed by atoms with Crippen LogP contribution in [0.3, 0.4) is 0 Å². The van der Waals surface area contributed by atoms with Crippen LogP contribution in [0.2, 0.25) is 0 Å². The number of ether oxygens (including phenoxy) is 1. The highest BCUT2D eigenvalue weighted by atomic mass is 32.2. The summed E-state index contributed by atoms with van der Waals surface area (Å²) in [5.41, 5.74) is -0.998. The number of alkyl halides is 3. The minimum Gasteiger partial charge on any atom is -0.439 e. The molecule has 2 amide bonds. The molecule has 0 bridgehead atoms. The summed E-state index contributed by atoms with van der Waals surface area (Å²) in [6.45, 7) is 5.14. The highest BCUT2D eigenvalue weighted by Gasteiger charge is 2.38. The summed E-state index contributed by atoms with van der Waals surface area (Å²) >= 11 is 0. The maximum Gasteiger partial charge on any atom is 0.417 e. The van der Waals surface area contributed by atoms with E-state index in [1.165, 1.54) is 11.0 Å². The molecule has 3 rings (SSSR count). The van der Waals surface area contributed by atoms with Crippen molar-refractivity contribution in [1.29, 1.82) is 0 Å². The van der Waals surface area contributed by atoms with Gasteiger partial charge in [0.2, 0.25) is 10.0 Å². The quantitative estimate of drug-likeness (QED) is 0.571. The standard InChI is InChI=1S/C25H30F3N3O5S/c1-24(2,3)29-23(33)36-16-22(32)31-13-11-19(12-14-31)30-37(34,35)21-10-9-18(15-20(21)25(26,27)28)17-7-5-4-6-8-17/h4-10,15,19,30H,11-14,16H2,1-3H3,(H,29,33). The maximum atomic E-state index is 13.8. The zero-order valence-corrected chi connectivity index (χ0v) is 21.6. The van der Waals surface area contributed by atoms with Crippen molar-refractivity contribution in [3.05, 3.63) is 54.1 Å². The Morgan fingerprint density at radius 1 is 1.00 bits per heavy atom. The van der Waals surface area contributed by atoms with E-state index in [0.717, 1.165) is 12.1 Å². The summed E-state index contributed by atoms with van der Waals surface area (Å²) in [5.74, 6) is -0.443. The van der Waals surface area contributed by atoms with Gasteiger partial charge in [0.1, 0.15) is 0 Å². The minimum absolute atomic E-state index is 0.162. The Balaban J connectivity index is 1.64. The summed E-state index contributed by atoms with van der Waals surface area (Å²) in [6, 6.07) is 10.8. The number of carbonyl (C=O) groups excluding carboxylic acids is 2. The van der Waals surface area contributed by atoms with Gasteiger partial charge in [0, 0.05) is 24.7 Å². The molecular formula is C25H30F3N3O5S. The lowest BCUT2D eigenvalue weighted by molar-refractivity contribution is -0.140. The molecule has 1 heterocycles. The lowest BCUT2D eigenvalue weighted by atomic mass is 10.0. The predicted octanol–water partition coefficient (Wildman–Crippen LogP) is 4.17. The van der Waals surface area contributed by atoms with E-state index in [1.54, 1.807) is 51.1 Å². The van der Waals surface area contributed by atoms with Gasteiger partial charge in [-0.25, -0.2) is 17.9 Å². The normalized spacial score (nSPS) is 15.4. The number of nitrogens with zero attached hydrogens (tertiary/aromatic N) is 1. The molecule has 1 saturated heterocycles. The van der Waals surface area contributed by atoms with Crippen molar-refractivity contribution in [2.24, 2.45) is 0 Å². The van der Waals surface area contributed by atoms with Crippen LogP contribution in [0.4, 0.5) is 18.0 Å². The van der Waals surface area contributed by atoms with Crippen LogP contribution in [-0.4, -0.2) is 56.6 Å². The van der Waals surface area contributed by atoms with Crippen molar-refractivity contribution in [2.45, 2.75) is 56.3 Å². The van der Waals surface area contributed by atoms with E-state index < -0.39 is 56.8 Å². The van der Waals surface area contributed by atoms with Crippen LogP contribution < -0.4 is 10.0 Å². The Morgan fingerprint density at radius 2 is 1.62 bits per heavy atom. The second-order valence-corrected chi connectivity index (χ2v) is 11.5. The highest BCUT2D eigenvalue weighted by Crippen LogP contribution is 2.37. The first-order valence-electron chi connectivity index (χ1n) is 11.7. The fourth-order valence-corrected chi connectivity index (χ4v) is 5.40. The van der Waals surface area contributed by atoms with Crippen LogP contribution >= 0.6 is 0 Å². The molecule has 37 heavy (non-hydrogen) atoms. The number of sulfonamides is 1. The van der Waals surface area contributed by atoms with Gasteiger partial charge in [-0.2, -0.15) is 13.2 Å². The minimum atomic E-state index is -4.88. The van der Waals surface area contributed by atoms with Crippen LogP contribution in [0.5, 0.6) is 0 Å². The van der Waals surface area contributed by atoms with Crippen LogP contribution in [-0.2, 0) is 25.7 Å². The van der Waals surface area contributed by atoms with Crippen molar-refractivity contribution < 1.29 is 35.9 Å². The van der Waals surface area contributed by atoms with Gasteiger partial charge in [-0.15, -0.1) is 0 Å². The summed E-state index contributed by atoms with van der Waals surface area (Å²) in [5, 5.41) is 2.56. The van der Waals surface area contributed by atoms with Gasteiger partial charge in [0.15, 0.2) is 6.61 Å². The maximum absolute atomic E-state index is 13.8. The molecule has 2 aromatic carbocycles. The summed E-state index contributed by atoms with van der Waals surface area (Å²) in [7, 11) is -4.50. The molecule has 0 radical (unpaired) electrons. The molecule has 2 aromatic rings. The number of rotatable bonds is 6. The van der Waals surface area contributed by atoms with Crippen LogP contribution in [0.25, 0.3) is 11.1 Å². The average Bonchev–Trinajstić information content (AvgIpc) is 2.81. The number of hydrogen-bond acceptors (Lipinski definition) is 5. The first-order valence-corrected chi connectivity index (χ1v) is 13.2. The summed E-state index contributed by atoms with van der Waals surface area (Å²) in [4.78, 5) is 24.6. The third-order valence-electron chi connectivity index (χ3n) is 5.65. The number of carbonyl (C=O) groups is 2. The third-order valence-corrected chi connectivity index (χ3v) is 7.23. The third kappa shape index (κ3) is 7.93. The van der Waals surface area contributed by atoms with Crippen LogP contribution in [0, 0.1) is 0 Å². The number of piperidine rings is 1. The van der Waals surface area contributed by atoms with Crippen molar-refractivity contribution in [3.63, 3.8) is 0 Å². The Kier molecular flexibility index (Phi) is 8.53.